The molecule has 0 radical (unpaired) electrons. The first-order valence-corrected chi connectivity index (χ1v) is 18.7. The minimum absolute atomic E-state index is 0. The van der Waals surface area contributed by atoms with E-state index in [9.17, 15) is 0 Å². The van der Waals surface area contributed by atoms with E-state index in [0.717, 1.165) is 34.2 Å². The summed E-state index contributed by atoms with van der Waals surface area (Å²) >= 11 is 0. The van der Waals surface area contributed by atoms with Crippen LogP contribution in [0.15, 0.2) is 200 Å². The second-order valence-electron chi connectivity index (χ2n) is 14.0. The molecule has 1 aliphatic rings. The van der Waals surface area contributed by atoms with E-state index in [-0.39, 0.29) is 7.43 Å². The van der Waals surface area contributed by atoms with Crippen molar-refractivity contribution >= 4 is 0 Å². The van der Waals surface area contributed by atoms with Crippen molar-refractivity contribution in [2.75, 3.05) is 0 Å². The number of nitrogens with zero attached hydrogens (tertiary/aromatic N) is 3. The quantitative estimate of drug-likeness (QED) is 0.165. The van der Waals surface area contributed by atoms with E-state index >= 15 is 0 Å². The Kier molecular flexibility index (Phi) is 9.18. The SMILES string of the molecule is C.c1ccc(-c2ccc(-c3cccc4c3Cc3c(-c5ccc(-c6cccc(-c7nc(-c8ccccc8)nc(-c8ccccc8)n7)c6)cc5)cccc3-4)cc2)cc1. The summed E-state index contributed by atoms with van der Waals surface area (Å²) in [5.74, 6) is 1.96. The van der Waals surface area contributed by atoms with Crippen LogP contribution in [0.2, 0.25) is 0 Å². The fourth-order valence-electron chi connectivity index (χ4n) is 7.87. The summed E-state index contributed by atoms with van der Waals surface area (Å²) in [4.78, 5) is 14.8. The van der Waals surface area contributed by atoms with Crippen LogP contribution in [0.4, 0.5) is 0 Å². The van der Waals surface area contributed by atoms with Crippen LogP contribution in [0.5, 0.6) is 0 Å². The molecule has 1 aromatic heterocycles. The first-order chi connectivity index (χ1) is 27.2. The van der Waals surface area contributed by atoms with Gasteiger partial charge in [0.1, 0.15) is 0 Å². The van der Waals surface area contributed by atoms with Gasteiger partial charge in [0, 0.05) is 16.7 Å². The monoisotopic (exact) mass is 717 g/mol. The van der Waals surface area contributed by atoms with Crippen LogP contribution in [-0.4, -0.2) is 15.0 Å². The van der Waals surface area contributed by atoms with Gasteiger partial charge in [-0.25, -0.2) is 15.0 Å². The van der Waals surface area contributed by atoms with Crippen LogP contribution in [0, 0.1) is 0 Å². The van der Waals surface area contributed by atoms with Gasteiger partial charge in [0.2, 0.25) is 0 Å². The molecule has 56 heavy (non-hydrogen) atoms. The highest BCUT2D eigenvalue weighted by Crippen LogP contribution is 2.45. The van der Waals surface area contributed by atoms with Gasteiger partial charge in [0.25, 0.3) is 0 Å². The highest BCUT2D eigenvalue weighted by atomic mass is 15.0. The largest absolute Gasteiger partial charge is 0.208 e. The van der Waals surface area contributed by atoms with E-state index in [1.165, 1.54) is 55.6 Å². The molecule has 8 aromatic carbocycles. The zero-order valence-electron chi connectivity index (χ0n) is 30.1. The van der Waals surface area contributed by atoms with Gasteiger partial charge in [-0.1, -0.05) is 202 Å². The summed E-state index contributed by atoms with van der Waals surface area (Å²) in [5.41, 5.74) is 18.1. The lowest BCUT2D eigenvalue weighted by Gasteiger charge is -2.11. The highest BCUT2D eigenvalue weighted by Gasteiger charge is 2.24. The number of hydrogen-bond donors (Lipinski definition) is 0. The van der Waals surface area contributed by atoms with E-state index in [1.807, 2.05) is 60.7 Å². The molecule has 0 N–H and O–H groups in total. The lowest BCUT2D eigenvalue weighted by molar-refractivity contribution is 1.07. The van der Waals surface area contributed by atoms with Crippen molar-refractivity contribution in [3.8, 4) is 89.8 Å². The number of rotatable bonds is 7. The predicted octanol–water partition coefficient (Wildman–Crippen LogP) is 13.7. The van der Waals surface area contributed by atoms with Crippen molar-refractivity contribution in [1.29, 1.82) is 0 Å². The lowest BCUT2D eigenvalue weighted by atomic mass is 9.93. The fraction of sp³-hybridized carbons (Fsp3) is 0.0377. The van der Waals surface area contributed by atoms with Crippen molar-refractivity contribution in [1.82, 2.24) is 15.0 Å². The molecule has 266 valence electrons. The molecule has 0 fully saturated rings. The van der Waals surface area contributed by atoms with Crippen LogP contribution in [0.25, 0.3) is 89.8 Å². The highest BCUT2D eigenvalue weighted by molar-refractivity contribution is 5.90. The van der Waals surface area contributed by atoms with Crippen molar-refractivity contribution in [3.63, 3.8) is 0 Å². The molecule has 0 spiro atoms. The van der Waals surface area contributed by atoms with Crippen molar-refractivity contribution in [2.45, 2.75) is 13.8 Å². The molecule has 0 unspecified atom stereocenters. The summed E-state index contributed by atoms with van der Waals surface area (Å²) in [6, 6.07) is 70.8. The minimum Gasteiger partial charge on any atom is -0.208 e. The third kappa shape index (κ3) is 6.50. The summed E-state index contributed by atoms with van der Waals surface area (Å²) in [7, 11) is 0. The summed E-state index contributed by atoms with van der Waals surface area (Å²) in [6.07, 6.45) is 0.906. The first kappa shape index (κ1) is 34.5. The van der Waals surface area contributed by atoms with Gasteiger partial charge in [0.15, 0.2) is 17.5 Å². The maximum atomic E-state index is 4.96. The number of fused-ring (bicyclic) bond motifs is 3. The Morgan fingerprint density at radius 3 is 1.05 bits per heavy atom. The standard InChI is InChI=1S/C52H35N3.CH4/c1-4-13-35(14-5-1)36-25-29-38(30-26-36)44-21-11-23-46-47-24-12-22-45(49(47)34-48(44)46)39-31-27-37(28-32-39)42-19-10-20-43(33-42)52-54-50(40-15-6-2-7-16-40)53-51(55-52)41-17-8-3-9-18-41;/h1-33H,34H2;1H4. The number of aromatic nitrogens is 3. The van der Waals surface area contributed by atoms with Crippen LogP contribution in [0.1, 0.15) is 18.6 Å². The van der Waals surface area contributed by atoms with Crippen molar-refractivity contribution in [3.05, 3.63) is 211 Å². The summed E-state index contributed by atoms with van der Waals surface area (Å²) in [5, 5.41) is 0. The predicted molar refractivity (Wildman–Crippen MR) is 233 cm³/mol. The molecule has 0 aliphatic heterocycles. The van der Waals surface area contributed by atoms with Gasteiger partial charge in [-0.05, 0) is 79.2 Å². The molecule has 9 aromatic rings. The average Bonchev–Trinajstić information content (AvgIpc) is 3.67. The third-order valence-corrected chi connectivity index (χ3v) is 10.6. The van der Waals surface area contributed by atoms with E-state index < -0.39 is 0 Å². The molecule has 0 atom stereocenters. The maximum absolute atomic E-state index is 4.96. The average molecular weight is 718 g/mol. The Morgan fingerprint density at radius 2 is 0.571 bits per heavy atom. The van der Waals surface area contributed by atoms with Crippen molar-refractivity contribution < 1.29 is 0 Å². The molecule has 1 heterocycles. The molecule has 3 nitrogen and oxygen atoms in total. The van der Waals surface area contributed by atoms with E-state index in [4.69, 9.17) is 15.0 Å². The number of hydrogen-bond acceptors (Lipinski definition) is 3. The van der Waals surface area contributed by atoms with Gasteiger partial charge in [-0.2, -0.15) is 0 Å². The Morgan fingerprint density at radius 1 is 0.250 bits per heavy atom. The normalized spacial score (nSPS) is 11.4. The van der Waals surface area contributed by atoms with E-state index in [1.54, 1.807) is 0 Å². The topological polar surface area (TPSA) is 38.7 Å². The van der Waals surface area contributed by atoms with Gasteiger partial charge in [-0.15, -0.1) is 0 Å². The molecule has 1 aliphatic carbocycles. The Bertz CT molecular complexity index is 2740. The molecule has 0 amide bonds. The van der Waals surface area contributed by atoms with Crippen LogP contribution < -0.4 is 0 Å². The van der Waals surface area contributed by atoms with Crippen molar-refractivity contribution in [2.24, 2.45) is 0 Å². The summed E-state index contributed by atoms with van der Waals surface area (Å²) < 4.78 is 0. The van der Waals surface area contributed by atoms with Gasteiger partial charge < -0.3 is 0 Å². The van der Waals surface area contributed by atoms with Gasteiger partial charge in [-0.3, -0.25) is 0 Å². The zero-order chi connectivity index (χ0) is 36.6. The Hall–Kier alpha value is -7.23. The molecule has 0 saturated heterocycles. The van der Waals surface area contributed by atoms with E-state index in [2.05, 4.69) is 140 Å². The summed E-state index contributed by atoms with van der Waals surface area (Å²) in [6.45, 7) is 0. The smallest absolute Gasteiger partial charge is 0.164 e. The van der Waals surface area contributed by atoms with Gasteiger partial charge in [0.05, 0.1) is 0 Å². The molecule has 10 rings (SSSR count). The third-order valence-electron chi connectivity index (χ3n) is 10.6. The van der Waals surface area contributed by atoms with Crippen LogP contribution in [0.3, 0.4) is 0 Å². The molecular formula is C53H39N3. The molecular weight excluding hydrogens is 679 g/mol. The van der Waals surface area contributed by atoms with Crippen LogP contribution >= 0.6 is 0 Å². The van der Waals surface area contributed by atoms with Crippen LogP contribution in [-0.2, 0) is 6.42 Å². The van der Waals surface area contributed by atoms with E-state index in [0.29, 0.717) is 17.5 Å². The number of benzene rings is 8. The fourth-order valence-corrected chi connectivity index (χ4v) is 7.87. The first-order valence-electron chi connectivity index (χ1n) is 18.7. The second kappa shape index (κ2) is 14.9. The Balaban J connectivity index is 0.00000410. The molecule has 0 saturated carbocycles. The maximum Gasteiger partial charge on any atom is 0.164 e. The minimum atomic E-state index is 0. The van der Waals surface area contributed by atoms with Gasteiger partial charge >= 0.3 is 0 Å². The zero-order valence-corrected chi connectivity index (χ0v) is 30.1. The lowest BCUT2D eigenvalue weighted by Crippen LogP contribution is -2.00. The molecule has 0 bridgehead atoms. The Labute approximate surface area is 328 Å². The molecule has 3 heteroatoms. The second-order valence-corrected chi connectivity index (χ2v) is 14.0.